The lowest BCUT2D eigenvalue weighted by Crippen LogP contribution is -2.57. The van der Waals surface area contributed by atoms with Gasteiger partial charge in [0.1, 0.15) is 11.8 Å². The molecule has 1 saturated carbocycles. The van der Waals surface area contributed by atoms with Crippen LogP contribution in [0.15, 0.2) is 23.3 Å². The van der Waals surface area contributed by atoms with Crippen molar-refractivity contribution < 1.29 is 49.1 Å². The second-order valence-corrected chi connectivity index (χ2v) is 16.4. The lowest BCUT2D eigenvalue weighted by atomic mass is 9.84. The van der Waals surface area contributed by atoms with Gasteiger partial charge in [0.15, 0.2) is 0 Å². The number of methoxy groups -OCH3 is 2. The number of nitrogens with zero attached hydrogens (tertiary/aromatic N) is 1. The summed E-state index contributed by atoms with van der Waals surface area (Å²) < 4.78 is 11.2. The fraction of sp³-hybridized carbons (Fsp3) is 0.810. The van der Waals surface area contributed by atoms with Crippen LogP contribution < -0.4 is 0 Å². The Balaban J connectivity index is 1.83. The van der Waals surface area contributed by atoms with Crippen molar-refractivity contribution in [2.45, 2.75) is 168 Å². The van der Waals surface area contributed by atoms with E-state index in [0.29, 0.717) is 43.6 Å². The van der Waals surface area contributed by atoms with Gasteiger partial charge in [-0.25, -0.2) is 4.79 Å². The van der Waals surface area contributed by atoms with E-state index in [0.717, 1.165) is 49.0 Å². The van der Waals surface area contributed by atoms with Crippen molar-refractivity contribution >= 4 is 23.4 Å². The van der Waals surface area contributed by atoms with Crippen molar-refractivity contribution in [1.29, 1.82) is 0 Å². The zero-order valence-corrected chi connectivity index (χ0v) is 33.9. The number of carbonyl (C=O) groups is 4. The fourth-order valence-electron chi connectivity index (χ4n) is 8.25. The maximum atomic E-state index is 13.3. The molecule has 0 aromatic rings. The summed E-state index contributed by atoms with van der Waals surface area (Å²) in [4.78, 5) is 51.6. The van der Waals surface area contributed by atoms with E-state index in [9.17, 15) is 39.6 Å². The highest BCUT2D eigenvalue weighted by Gasteiger charge is 2.47. The van der Waals surface area contributed by atoms with Crippen LogP contribution in [0.25, 0.3) is 0 Å². The van der Waals surface area contributed by atoms with Crippen LogP contribution in [-0.2, 0) is 28.7 Å². The minimum absolute atomic E-state index is 0.0150. The molecule has 11 heteroatoms. The Labute approximate surface area is 318 Å². The van der Waals surface area contributed by atoms with E-state index in [-0.39, 0.29) is 49.5 Å². The molecule has 1 saturated heterocycles. The molecule has 0 radical (unpaired) electrons. The number of piperidine rings is 1. The minimum Gasteiger partial charge on any atom is -0.480 e. The molecule has 2 unspecified atom stereocenters. The lowest BCUT2D eigenvalue weighted by Gasteiger charge is -2.35. The van der Waals surface area contributed by atoms with Crippen LogP contribution in [0.4, 0.5) is 0 Å². The normalized spacial score (nSPS) is 23.8. The zero-order valence-electron chi connectivity index (χ0n) is 33.9. The van der Waals surface area contributed by atoms with E-state index < -0.39 is 41.5 Å². The van der Waals surface area contributed by atoms with Crippen molar-refractivity contribution in [2.75, 3.05) is 20.8 Å². The molecule has 11 nitrogen and oxygen atoms in total. The van der Waals surface area contributed by atoms with E-state index in [1.165, 1.54) is 32.4 Å². The Morgan fingerprint density at radius 1 is 0.925 bits per heavy atom. The highest BCUT2D eigenvalue weighted by molar-refractivity contribution is 6.39. The summed E-state index contributed by atoms with van der Waals surface area (Å²) in [5.41, 5.74) is 2.39. The molecule has 1 aliphatic heterocycles. The second kappa shape index (κ2) is 22.8. The van der Waals surface area contributed by atoms with Gasteiger partial charge in [0.25, 0.3) is 11.7 Å². The molecule has 2 rings (SSSR count). The van der Waals surface area contributed by atoms with Gasteiger partial charge in [0.2, 0.25) is 5.79 Å². The van der Waals surface area contributed by atoms with Gasteiger partial charge in [0.05, 0.1) is 18.3 Å². The molecule has 0 aromatic carbocycles. The summed E-state index contributed by atoms with van der Waals surface area (Å²) in [6, 6.07) is -1.16. The molecule has 4 N–H and O–H groups in total. The van der Waals surface area contributed by atoms with Crippen molar-refractivity contribution in [3.8, 4) is 0 Å². The smallest absolute Gasteiger partial charge is 0.326 e. The van der Waals surface area contributed by atoms with Gasteiger partial charge in [0, 0.05) is 39.0 Å². The van der Waals surface area contributed by atoms with Gasteiger partial charge in [-0.05, 0) is 102 Å². The van der Waals surface area contributed by atoms with Crippen LogP contribution >= 0.6 is 0 Å². The highest BCUT2D eigenvalue weighted by Crippen LogP contribution is 2.31. The number of likely N-dealkylation sites (tertiary alicyclic amines) is 1. The third-order valence-corrected chi connectivity index (χ3v) is 11.7. The maximum absolute atomic E-state index is 13.3. The number of aliphatic hydroxyl groups is 3. The Bertz CT molecular complexity index is 1240. The lowest BCUT2D eigenvalue weighted by molar-refractivity contribution is -0.208. The number of carbonyl (C=O) groups excluding carboxylic acids is 3. The fourth-order valence-corrected chi connectivity index (χ4v) is 8.25. The van der Waals surface area contributed by atoms with E-state index in [4.69, 9.17) is 9.47 Å². The molecule has 0 bridgehead atoms. The maximum Gasteiger partial charge on any atom is 0.326 e. The van der Waals surface area contributed by atoms with Gasteiger partial charge in [-0.2, -0.15) is 0 Å². The molecule has 0 spiro atoms. The van der Waals surface area contributed by atoms with Crippen LogP contribution in [0.5, 0.6) is 0 Å². The summed E-state index contributed by atoms with van der Waals surface area (Å²) in [6.07, 6.45) is 14.3. The van der Waals surface area contributed by atoms with E-state index in [2.05, 4.69) is 26.0 Å². The van der Waals surface area contributed by atoms with Gasteiger partial charge >= 0.3 is 5.97 Å². The summed E-state index contributed by atoms with van der Waals surface area (Å²) in [5, 5.41) is 41.9. The van der Waals surface area contributed by atoms with Crippen molar-refractivity contribution in [3.05, 3.63) is 23.3 Å². The molecular weight excluding hydrogens is 678 g/mol. The number of carboxylic acids is 1. The summed E-state index contributed by atoms with van der Waals surface area (Å²) >= 11 is 0. The number of rotatable bonds is 23. The SMILES string of the molecule is CC[C@@H](/C=C(/C)C[C@H](C)CCC[C@H](CC(C)C(O)(O)C(=O)C(=O)N1CCCCC1C(=O)O)OC)C(=O)C[C@H](O)[C@@H](C)C/C(C)=C/[C@@H]1CCC[C@H](OC)C1. The first-order valence-corrected chi connectivity index (χ1v) is 20.1. The number of hydrogen-bond acceptors (Lipinski definition) is 9. The predicted octanol–water partition coefficient (Wildman–Crippen LogP) is 6.41. The Morgan fingerprint density at radius 3 is 2.25 bits per heavy atom. The number of ketones is 2. The van der Waals surface area contributed by atoms with Crippen molar-refractivity contribution in [3.63, 3.8) is 0 Å². The molecular formula is C42H71NO10. The van der Waals surface area contributed by atoms with Crippen LogP contribution in [0.1, 0.15) is 138 Å². The third-order valence-electron chi connectivity index (χ3n) is 11.7. The molecule has 9 atom stereocenters. The minimum atomic E-state index is -2.95. The van der Waals surface area contributed by atoms with E-state index in [1.54, 1.807) is 7.11 Å². The van der Waals surface area contributed by atoms with Crippen LogP contribution in [0.3, 0.4) is 0 Å². The number of hydrogen-bond donors (Lipinski definition) is 4. The van der Waals surface area contributed by atoms with E-state index in [1.807, 2.05) is 20.8 Å². The number of carboxylic acid groups (broad SMARTS) is 1. The van der Waals surface area contributed by atoms with Crippen molar-refractivity contribution in [2.24, 2.45) is 29.6 Å². The Morgan fingerprint density at radius 2 is 1.62 bits per heavy atom. The number of aliphatic carboxylic acids is 1. The number of Topliss-reactive ketones (excluding diaryl/α,β-unsaturated/α-hetero) is 2. The van der Waals surface area contributed by atoms with Gasteiger partial charge in [-0.3, -0.25) is 14.4 Å². The van der Waals surface area contributed by atoms with Crippen LogP contribution in [0.2, 0.25) is 0 Å². The van der Waals surface area contributed by atoms with Crippen LogP contribution in [-0.4, -0.2) is 99.7 Å². The summed E-state index contributed by atoms with van der Waals surface area (Å²) in [5.74, 6) is -7.18. The monoisotopic (exact) mass is 750 g/mol. The molecule has 2 aliphatic rings. The molecule has 53 heavy (non-hydrogen) atoms. The Hall–Kier alpha value is -2.44. The number of allylic oxidation sites excluding steroid dienone is 4. The number of amides is 1. The van der Waals surface area contributed by atoms with Gasteiger partial charge < -0.3 is 34.8 Å². The number of ether oxygens (including phenoxy) is 2. The van der Waals surface area contributed by atoms with Gasteiger partial charge in [-0.15, -0.1) is 0 Å². The first-order chi connectivity index (χ1) is 24.9. The average molecular weight is 750 g/mol. The zero-order chi connectivity index (χ0) is 39.9. The van der Waals surface area contributed by atoms with Crippen LogP contribution in [0, 0.1) is 29.6 Å². The Kier molecular flexibility index (Phi) is 20.1. The summed E-state index contributed by atoms with van der Waals surface area (Å²) in [6.45, 7) is 11.9. The molecule has 1 amide bonds. The third kappa shape index (κ3) is 15.0. The van der Waals surface area contributed by atoms with Gasteiger partial charge in [-0.1, -0.05) is 70.3 Å². The first kappa shape index (κ1) is 46.7. The first-order valence-electron chi connectivity index (χ1n) is 20.1. The molecule has 1 heterocycles. The largest absolute Gasteiger partial charge is 0.480 e. The quantitative estimate of drug-likeness (QED) is 0.0520. The predicted molar refractivity (Wildman–Crippen MR) is 205 cm³/mol. The molecule has 0 aromatic heterocycles. The second-order valence-electron chi connectivity index (χ2n) is 16.4. The average Bonchev–Trinajstić information content (AvgIpc) is 3.12. The topological polar surface area (TPSA) is 171 Å². The number of aliphatic hydroxyl groups excluding tert-OH is 1. The van der Waals surface area contributed by atoms with E-state index >= 15 is 0 Å². The molecule has 2 fully saturated rings. The molecule has 304 valence electrons. The molecule has 1 aliphatic carbocycles. The summed E-state index contributed by atoms with van der Waals surface area (Å²) in [7, 11) is 3.30. The standard InChI is InChI=1S/C42H71NO10/c1-9-33(38(45)26-37(44)30(5)21-29(4)22-32-15-13-17-35(25-32)53-8)23-28(3)20-27(2)14-12-16-34(52-7)24-31(6)42(50,51)39(46)40(47)43-19-11-10-18-36(43)41(48)49/h22-23,27,30-37,44,50-51H,9-21,24-26H2,1-8H3,(H,48,49)/b28-23-,29-22+/t27-,30+,31?,32+,33+,34-,35+,36?,37+/m1/s1. The van der Waals surface area contributed by atoms with Crippen molar-refractivity contribution in [1.82, 2.24) is 4.90 Å². The highest BCUT2D eigenvalue weighted by atomic mass is 16.5.